The highest BCUT2D eigenvalue weighted by Crippen LogP contribution is 2.16. The zero-order chi connectivity index (χ0) is 17.7. The summed E-state index contributed by atoms with van der Waals surface area (Å²) in [5.41, 5.74) is 1.17. The van der Waals surface area contributed by atoms with Crippen LogP contribution < -0.4 is 15.4 Å². The smallest absolute Gasteiger partial charge is 0.244 e. The van der Waals surface area contributed by atoms with Crippen molar-refractivity contribution in [1.82, 2.24) is 15.2 Å². The molecule has 1 aliphatic heterocycles. The number of hydrogen-bond acceptors (Lipinski definition) is 8. The van der Waals surface area contributed by atoms with Gasteiger partial charge in [-0.15, -0.1) is 5.10 Å². The minimum Gasteiger partial charge on any atom is -0.497 e. The van der Waals surface area contributed by atoms with E-state index in [1.807, 2.05) is 24.3 Å². The van der Waals surface area contributed by atoms with E-state index in [-0.39, 0.29) is 17.5 Å². The van der Waals surface area contributed by atoms with Crippen molar-refractivity contribution in [2.45, 2.75) is 18.9 Å². The average molecular weight is 363 g/mol. The van der Waals surface area contributed by atoms with Crippen LogP contribution in [-0.2, 0) is 16.3 Å². The van der Waals surface area contributed by atoms with Crippen molar-refractivity contribution < 1.29 is 13.2 Å². The molecule has 3 rings (SSSR count). The molecule has 0 spiro atoms. The second-order valence-electron chi connectivity index (χ2n) is 5.93. The predicted molar refractivity (Wildman–Crippen MR) is 95.7 cm³/mol. The van der Waals surface area contributed by atoms with E-state index in [9.17, 15) is 8.42 Å². The van der Waals surface area contributed by atoms with E-state index in [0.717, 1.165) is 12.2 Å². The minimum absolute atomic E-state index is 0.117. The summed E-state index contributed by atoms with van der Waals surface area (Å²) in [5.74, 6) is 2.13. The van der Waals surface area contributed by atoms with Gasteiger partial charge in [0.1, 0.15) is 5.75 Å². The van der Waals surface area contributed by atoms with Crippen LogP contribution in [0.15, 0.2) is 30.5 Å². The number of nitrogens with one attached hydrogen (secondary N) is 2. The van der Waals surface area contributed by atoms with Crippen LogP contribution in [0.4, 0.5) is 11.8 Å². The Morgan fingerprint density at radius 1 is 1.28 bits per heavy atom. The predicted octanol–water partition coefficient (Wildman–Crippen LogP) is 1.13. The van der Waals surface area contributed by atoms with Crippen LogP contribution in [0, 0.1) is 0 Å². The van der Waals surface area contributed by atoms with E-state index < -0.39 is 9.84 Å². The van der Waals surface area contributed by atoms with Gasteiger partial charge < -0.3 is 15.4 Å². The van der Waals surface area contributed by atoms with Gasteiger partial charge in [0.2, 0.25) is 5.95 Å². The second-order valence-corrected chi connectivity index (χ2v) is 8.16. The SMILES string of the molecule is COc1ccc(CCNc2nncc(NC3CCS(=O)(=O)C3)n2)cc1. The molecule has 1 atom stereocenters. The lowest BCUT2D eigenvalue weighted by atomic mass is 10.1. The monoisotopic (exact) mass is 363 g/mol. The lowest BCUT2D eigenvalue weighted by Gasteiger charge is -2.11. The fourth-order valence-corrected chi connectivity index (χ4v) is 4.35. The van der Waals surface area contributed by atoms with Crippen molar-refractivity contribution in [2.75, 3.05) is 35.8 Å². The molecule has 25 heavy (non-hydrogen) atoms. The number of anilines is 2. The van der Waals surface area contributed by atoms with E-state index in [4.69, 9.17) is 4.74 Å². The molecule has 0 amide bonds. The van der Waals surface area contributed by atoms with Crippen LogP contribution in [0.5, 0.6) is 5.75 Å². The van der Waals surface area contributed by atoms with Crippen molar-refractivity contribution in [3.63, 3.8) is 0 Å². The van der Waals surface area contributed by atoms with Crippen molar-refractivity contribution >= 4 is 21.6 Å². The fourth-order valence-electron chi connectivity index (χ4n) is 2.68. The molecule has 0 bridgehead atoms. The highest BCUT2D eigenvalue weighted by atomic mass is 32.2. The molecule has 2 N–H and O–H groups in total. The Morgan fingerprint density at radius 2 is 2.08 bits per heavy atom. The van der Waals surface area contributed by atoms with E-state index in [1.165, 1.54) is 11.8 Å². The van der Waals surface area contributed by atoms with Crippen LogP contribution in [-0.4, -0.2) is 54.8 Å². The number of sulfone groups is 1. The Bertz CT molecular complexity index is 811. The van der Waals surface area contributed by atoms with E-state index in [2.05, 4.69) is 25.8 Å². The molecule has 2 aromatic rings. The van der Waals surface area contributed by atoms with Crippen LogP contribution in [0.2, 0.25) is 0 Å². The third kappa shape index (κ3) is 5.02. The molecule has 1 aliphatic rings. The summed E-state index contributed by atoms with van der Waals surface area (Å²) in [6.45, 7) is 0.662. The lowest BCUT2D eigenvalue weighted by molar-refractivity contribution is 0.414. The van der Waals surface area contributed by atoms with Crippen molar-refractivity contribution in [3.8, 4) is 5.75 Å². The number of aromatic nitrogens is 3. The summed E-state index contributed by atoms with van der Waals surface area (Å²) in [5, 5.41) is 14.1. The highest BCUT2D eigenvalue weighted by molar-refractivity contribution is 7.91. The molecule has 9 heteroatoms. The van der Waals surface area contributed by atoms with Gasteiger partial charge in [-0.3, -0.25) is 0 Å². The van der Waals surface area contributed by atoms with E-state index >= 15 is 0 Å². The van der Waals surface area contributed by atoms with Gasteiger partial charge in [-0.25, -0.2) is 8.42 Å². The maximum atomic E-state index is 11.5. The van der Waals surface area contributed by atoms with Crippen molar-refractivity contribution in [1.29, 1.82) is 0 Å². The Kier molecular flexibility index (Phi) is 5.32. The Balaban J connectivity index is 1.51. The number of hydrogen-bond donors (Lipinski definition) is 2. The molecule has 1 aromatic heterocycles. The molecule has 0 aliphatic carbocycles. The first kappa shape index (κ1) is 17.4. The summed E-state index contributed by atoms with van der Waals surface area (Å²) in [4.78, 5) is 4.33. The van der Waals surface area contributed by atoms with Gasteiger partial charge in [0.15, 0.2) is 15.7 Å². The lowest BCUT2D eigenvalue weighted by Crippen LogP contribution is -2.22. The third-order valence-corrected chi connectivity index (χ3v) is 5.77. The maximum Gasteiger partial charge on any atom is 0.244 e. The Hall–Kier alpha value is -2.42. The molecule has 0 saturated carbocycles. The van der Waals surface area contributed by atoms with E-state index in [0.29, 0.717) is 24.7 Å². The fraction of sp³-hybridized carbons (Fsp3) is 0.438. The molecule has 1 aromatic carbocycles. The first-order chi connectivity index (χ1) is 12.0. The minimum atomic E-state index is -2.93. The van der Waals surface area contributed by atoms with Crippen molar-refractivity contribution in [2.24, 2.45) is 0 Å². The van der Waals surface area contributed by atoms with Gasteiger partial charge in [0, 0.05) is 12.6 Å². The van der Waals surface area contributed by atoms with Crippen LogP contribution in [0.1, 0.15) is 12.0 Å². The molecule has 8 nitrogen and oxygen atoms in total. The quantitative estimate of drug-likeness (QED) is 0.754. The molecular formula is C16H21N5O3S. The topological polar surface area (TPSA) is 106 Å². The van der Waals surface area contributed by atoms with Gasteiger partial charge in [-0.05, 0) is 30.5 Å². The zero-order valence-corrected chi connectivity index (χ0v) is 14.8. The van der Waals surface area contributed by atoms with Gasteiger partial charge in [-0.1, -0.05) is 12.1 Å². The summed E-state index contributed by atoms with van der Waals surface area (Å²) in [6.07, 6.45) is 2.90. The van der Waals surface area contributed by atoms with Crippen LogP contribution >= 0.6 is 0 Å². The van der Waals surface area contributed by atoms with Crippen LogP contribution in [0.3, 0.4) is 0 Å². The molecule has 1 saturated heterocycles. The molecule has 2 heterocycles. The normalized spacial score (nSPS) is 18.7. The van der Waals surface area contributed by atoms with Gasteiger partial charge >= 0.3 is 0 Å². The van der Waals surface area contributed by atoms with Gasteiger partial charge in [-0.2, -0.15) is 10.1 Å². The number of rotatable bonds is 7. The average Bonchev–Trinajstić information content (AvgIpc) is 2.94. The van der Waals surface area contributed by atoms with Crippen LogP contribution in [0.25, 0.3) is 0 Å². The summed E-state index contributed by atoms with van der Waals surface area (Å²) >= 11 is 0. The van der Waals surface area contributed by atoms with Crippen molar-refractivity contribution in [3.05, 3.63) is 36.0 Å². The molecule has 0 radical (unpaired) electrons. The van der Waals surface area contributed by atoms with E-state index in [1.54, 1.807) is 7.11 Å². The number of ether oxygens (including phenoxy) is 1. The Labute approximate surface area is 147 Å². The zero-order valence-electron chi connectivity index (χ0n) is 14.0. The summed E-state index contributed by atoms with van der Waals surface area (Å²) in [7, 11) is -1.28. The standard InChI is InChI=1S/C16H21N5O3S/c1-24-14-4-2-12(3-5-14)6-8-17-16-20-15(10-18-21-16)19-13-7-9-25(22,23)11-13/h2-5,10,13H,6-9,11H2,1H3,(H2,17,19,20,21). The number of methoxy groups -OCH3 is 1. The summed E-state index contributed by atoms with van der Waals surface area (Å²) in [6, 6.07) is 7.76. The molecule has 1 fully saturated rings. The third-order valence-electron chi connectivity index (χ3n) is 4.00. The first-order valence-electron chi connectivity index (χ1n) is 8.07. The van der Waals surface area contributed by atoms with Gasteiger partial charge in [0.05, 0.1) is 24.8 Å². The largest absolute Gasteiger partial charge is 0.497 e. The summed E-state index contributed by atoms with van der Waals surface area (Å²) < 4.78 is 28.1. The Morgan fingerprint density at radius 3 is 2.76 bits per heavy atom. The molecule has 1 unspecified atom stereocenters. The maximum absolute atomic E-state index is 11.5. The van der Waals surface area contributed by atoms with Gasteiger partial charge in [0.25, 0.3) is 0 Å². The number of nitrogens with zero attached hydrogens (tertiary/aromatic N) is 3. The second kappa shape index (κ2) is 7.64. The molecule has 134 valence electrons. The number of benzene rings is 1. The first-order valence-corrected chi connectivity index (χ1v) is 9.90. The highest BCUT2D eigenvalue weighted by Gasteiger charge is 2.28. The molecular weight excluding hydrogens is 342 g/mol.